The summed E-state index contributed by atoms with van der Waals surface area (Å²) in [6.45, 7) is 0. The van der Waals surface area contributed by atoms with Crippen molar-refractivity contribution in [2.45, 2.75) is 23.8 Å². The maximum Gasteiger partial charge on any atom is 0.326 e. The van der Waals surface area contributed by atoms with Crippen LogP contribution in [0.1, 0.15) is 12.8 Å². The van der Waals surface area contributed by atoms with E-state index in [-0.39, 0.29) is 10.8 Å². The Morgan fingerprint density at radius 2 is 1.89 bits per heavy atom. The maximum atomic E-state index is 11.1. The number of sulfonamides is 1. The van der Waals surface area contributed by atoms with E-state index in [0.29, 0.717) is 5.69 Å². The van der Waals surface area contributed by atoms with Crippen molar-refractivity contribution < 1.29 is 18.3 Å². The van der Waals surface area contributed by atoms with Gasteiger partial charge in [0, 0.05) is 5.69 Å². The molecule has 4 N–H and O–H groups in total. The molecule has 1 aromatic carbocycles. The highest BCUT2D eigenvalue weighted by Crippen LogP contribution is 2.34. The monoisotopic (exact) mass is 270 g/mol. The number of hydrogen-bond donors (Lipinski definition) is 3. The lowest BCUT2D eigenvalue weighted by Crippen LogP contribution is -2.31. The lowest BCUT2D eigenvalue weighted by Gasteiger charge is -2.15. The van der Waals surface area contributed by atoms with Crippen molar-refractivity contribution in [1.29, 1.82) is 0 Å². The molecule has 1 unspecified atom stereocenters. The Morgan fingerprint density at radius 3 is 2.28 bits per heavy atom. The van der Waals surface area contributed by atoms with Gasteiger partial charge in [-0.25, -0.2) is 18.4 Å². The Kier molecular flexibility index (Phi) is 3.27. The van der Waals surface area contributed by atoms with Crippen LogP contribution < -0.4 is 10.5 Å². The first-order valence-electron chi connectivity index (χ1n) is 5.50. The van der Waals surface area contributed by atoms with E-state index in [1.807, 2.05) is 0 Å². The molecule has 0 amide bonds. The molecule has 0 aliphatic heterocycles. The lowest BCUT2D eigenvalue weighted by molar-refractivity contribution is -0.138. The van der Waals surface area contributed by atoms with Gasteiger partial charge < -0.3 is 10.4 Å². The minimum atomic E-state index is -3.71. The summed E-state index contributed by atoms with van der Waals surface area (Å²) in [5.41, 5.74) is 0.571. The van der Waals surface area contributed by atoms with E-state index in [4.69, 9.17) is 10.2 Å². The van der Waals surface area contributed by atoms with Crippen LogP contribution in [0.5, 0.6) is 0 Å². The van der Waals surface area contributed by atoms with Gasteiger partial charge in [0.25, 0.3) is 0 Å². The van der Waals surface area contributed by atoms with Crippen molar-refractivity contribution in [3.05, 3.63) is 24.3 Å². The smallest absolute Gasteiger partial charge is 0.326 e. The van der Waals surface area contributed by atoms with Crippen LogP contribution in [-0.4, -0.2) is 25.5 Å². The predicted octanol–water partition coefficient (Wildman–Crippen LogP) is 0.609. The molecular weight excluding hydrogens is 256 g/mol. The first kappa shape index (κ1) is 12.8. The van der Waals surface area contributed by atoms with Crippen molar-refractivity contribution in [3.8, 4) is 0 Å². The average molecular weight is 270 g/mol. The summed E-state index contributed by atoms with van der Waals surface area (Å²) < 4.78 is 22.1. The highest BCUT2D eigenvalue weighted by molar-refractivity contribution is 7.89. The van der Waals surface area contributed by atoms with Gasteiger partial charge in [-0.1, -0.05) is 0 Å². The molecule has 1 aromatic rings. The van der Waals surface area contributed by atoms with E-state index in [9.17, 15) is 13.2 Å². The molecule has 1 aliphatic carbocycles. The largest absolute Gasteiger partial charge is 0.480 e. The van der Waals surface area contributed by atoms with Gasteiger partial charge in [0.2, 0.25) is 10.0 Å². The molecule has 1 aliphatic rings. The summed E-state index contributed by atoms with van der Waals surface area (Å²) in [7, 11) is -3.71. The number of hydrogen-bond acceptors (Lipinski definition) is 4. The van der Waals surface area contributed by atoms with Crippen molar-refractivity contribution in [3.63, 3.8) is 0 Å². The Bertz CT molecular complexity index is 549. The fraction of sp³-hybridized carbons (Fsp3) is 0.364. The Hall–Kier alpha value is -1.60. The van der Waals surface area contributed by atoms with Crippen LogP contribution in [0.4, 0.5) is 5.69 Å². The molecule has 0 heterocycles. The van der Waals surface area contributed by atoms with Gasteiger partial charge in [0.05, 0.1) is 4.90 Å². The van der Waals surface area contributed by atoms with Crippen LogP contribution in [0.2, 0.25) is 0 Å². The molecule has 0 spiro atoms. The summed E-state index contributed by atoms with van der Waals surface area (Å²) in [5, 5.41) is 16.9. The summed E-state index contributed by atoms with van der Waals surface area (Å²) in [5.74, 6) is -0.742. The van der Waals surface area contributed by atoms with E-state index in [2.05, 4.69) is 5.32 Å². The lowest BCUT2D eigenvalue weighted by atomic mass is 10.1. The summed E-state index contributed by atoms with van der Waals surface area (Å²) in [6.07, 6.45) is 1.80. The molecule has 2 rings (SSSR count). The number of benzene rings is 1. The van der Waals surface area contributed by atoms with Gasteiger partial charge in [0.15, 0.2) is 0 Å². The van der Waals surface area contributed by atoms with Crippen LogP contribution in [0, 0.1) is 5.92 Å². The maximum absolute atomic E-state index is 11.1. The standard InChI is InChI=1S/C11H14N2O4S/c12-18(16,17)9-5-3-8(4-6-9)13-10(11(14)15)7-1-2-7/h3-7,10,13H,1-2H2,(H,14,15)(H2,12,16,17). The minimum absolute atomic E-state index is 0.00588. The molecule has 0 bridgehead atoms. The third-order valence-corrected chi connectivity index (χ3v) is 3.79. The van der Waals surface area contributed by atoms with Crippen molar-refractivity contribution in [2.75, 3.05) is 5.32 Å². The second-order valence-corrected chi connectivity index (χ2v) is 5.93. The summed E-state index contributed by atoms with van der Waals surface area (Å²) in [4.78, 5) is 11.0. The second-order valence-electron chi connectivity index (χ2n) is 4.37. The third-order valence-electron chi connectivity index (χ3n) is 2.86. The zero-order valence-electron chi connectivity index (χ0n) is 9.54. The number of carbonyl (C=O) groups is 1. The molecule has 7 heteroatoms. The molecule has 1 atom stereocenters. The number of anilines is 1. The van der Waals surface area contributed by atoms with Crippen molar-refractivity contribution in [2.24, 2.45) is 11.1 Å². The number of nitrogens with two attached hydrogens (primary N) is 1. The highest BCUT2D eigenvalue weighted by atomic mass is 32.2. The van der Waals surface area contributed by atoms with Crippen LogP contribution in [-0.2, 0) is 14.8 Å². The molecule has 6 nitrogen and oxygen atoms in total. The van der Waals surface area contributed by atoms with Gasteiger partial charge in [-0.15, -0.1) is 0 Å². The molecule has 98 valence electrons. The third kappa shape index (κ3) is 2.99. The number of primary sulfonamides is 1. The molecule has 0 radical (unpaired) electrons. The first-order valence-corrected chi connectivity index (χ1v) is 7.05. The van der Waals surface area contributed by atoms with E-state index >= 15 is 0 Å². The fourth-order valence-corrected chi connectivity index (χ4v) is 2.25. The number of carboxylic acids is 1. The van der Waals surface area contributed by atoms with Crippen LogP contribution in [0.15, 0.2) is 29.2 Å². The quantitative estimate of drug-likeness (QED) is 0.726. The molecule has 1 fully saturated rings. The second kappa shape index (κ2) is 4.58. The first-order chi connectivity index (χ1) is 8.38. The number of nitrogens with one attached hydrogen (secondary N) is 1. The van der Waals surface area contributed by atoms with E-state index in [1.54, 1.807) is 0 Å². The van der Waals surface area contributed by atoms with Gasteiger partial charge in [-0.3, -0.25) is 0 Å². The molecule has 18 heavy (non-hydrogen) atoms. The fourth-order valence-electron chi connectivity index (χ4n) is 1.73. The Morgan fingerprint density at radius 1 is 1.33 bits per heavy atom. The van der Waals surface area contributed by atoms with E-state index in [0.717, 1.165) is 12.8 Å². The van der Waals surface area contributed by atoms with Gasteiger partial charge in [-0.2, -0.15) is 0 Å². The summed E-state index contributed by atoms with van der Waals surface area (Å²) in [6, 6.07) is 5.11. The van der Waals surface area contributed by atoms with Crippen molar-refractivity contribution >= 4 is 21.7 Å². The number of carboxylic acid groups (broad SMARTS) is 1. The highest BCUT2D eigenvalue weighted by Gasteiger charge is 2.36. The van der Waals surface area contributed by atoms with Gasteiger partial charge in [-0.05, 0) is 43.0 Å². The normalized spacial score (nSPS) is 17.2. The van der Waals surface area contributed by atoms with Crippen LogP contribution >= 0.6 is 0 Å². The molecule has 0 saturated heterocycles. The topological polar surface area (TPSA) is 109 Å². The van der Waals surface area contributed by atoms with Crippen LogP contribution in [0.25, 0.3) is 0 Å². The Balaban J connectivity index is 2.12. The van der Waals surface area contributed by atoms with E-state index in [1.165, 1.54) is 24.3 Å². The van der Waals surface area contributed by atoms with Gasteiger partial charge in [0.1, 0.15) is 6.04 Å². The van der Waals surface area contributed by atoms with Gasteiger partial charge >= 0.3 is 5.97 Å². The molecular formula is C11H14N2O4S. The van der Waals surface area contributed by atoms with Crippen LogP contribution in [0.3, 0.4) is 0 Å². The van der Waals surface area contributed by atoms with E-state index < -0.39 is 22.0 Å². The van der Waals surface area contributed by atoms with Crippen molar-refractivity contribution in [1.82, 2.24) is 0 Å². The SMILES string of the molecule is NS(=O)(=O)c1ccc(NC(C(=O)O)C2CC2)cc1. The Labute approximate surface area is 105 Å². The molecule has 1 saturated carbocycles. The average Bonchev–Trinajstić information content (AvgIpc) is 3.08. The minimum Gasteiger partial charge on any atom is -0.480 e. The predicted molar refractivity (Wildman–Crippen MR) is 65.6 cm³/mol. The summed E-state index contributed by atoms with van der Waals surface area (Å²) >= 11 is 0. The molecule has 0 aromatic heterocycles. The zero-order valence-corrected chi connectivity index (χ0v) is 10.4. The number of aliphatic carboxylic acids is 1. The zero-order chi connectivity index (χ0) is 13.3. The number of rotatable bonds is 5.